The highest BCUT2D eigenvalue weighted by Crippen LogP contribution is 2.42. The number of aliphatic carboxylic acids is 1. The highest BCUT2D eigenvalue weighted by atomic mass is 16.5. The third-order valence-corrected chi connectivity index (χ3v) is 5.82. The fraction of sp³-hybridized carbons (Fsp3) is 0.292. The zero-order valence-corrected chi connectivity index (χ0v) is 17.0. The molecule has 0 radical (unpaired) electrons. The largest absolute Gasteiger partial charge is 0.481 e. The highest BCUT2D eigenvalue weighted by molar-refractivity contribution is 5.97. The molecule has 7 heteroatoms. The molecule has 7 nitrogen and oxygen atoms in total. The molecule has 1 heterocycles. The predicted molar refractivity (Wildman–Crippen MR) is 115 cm³/mol. The van der Waals surface area contributed by atoms with Crippen molar-refractivity contribution in [2.75, 3.05) is 6.61 Å². The molecule has 158 valence electrons. The summed E-state index contributed by atoms with van der Waals surface area (Å²) < 4.78 is 7.78. The Morgan fingerprint density at radius 2 is 1.97 bits per heavy atom. The van der Waals surface area contributed by atoms with E-state index in [4.69, 9.17) is 20.8 Å². The number of carbonyl (C=O) groups is 2. The van der Waals surface area contributed by atoms with E-state index in [2.05, 4.69) is 10.6 Å². The van der Waals surface area contributed by atoms with Crippen molar-refractivity contribution in [2.45, 2.75) is 38.1 Å². The average Bonchev–Trinajstić information content (AvgIpc) is 2.91. The molecule has 4 rings (SSSR count). The Balaban J connectivity index is 1.91. The van der Waals surface area contributed by atoms with Gasteiger partial charge in [0.1, 0.15) is 5.75 Å². The van der Waals surface area contributed by atoms with Crippen LogP contribution in [0, 0.1) is 11.3 Å². The molecular formula is C24H23N3O4. The number of hydrogen-bond acceptors (Lipinski definition) is 4. The van der Waals surface area contributed by atoms with Crippen LogP contribution in [0.3, 0.4) is 0 Å². The van der Waals surface area contributed by atoms with Gasteiger partial charge in [0.15, 0.2) is 6.61 Å². The molecule has 1 aromatic heterocycles. The summed E-state index contributed by atoms with van der Waals surface area (Å²) in [4.78, 5) is 23.5. The lowest BCUT2D eigenvalue weighted by Crippen LogP contribution is -2.21. The minimum absolute atomic E-state index is 0.381. The molecule has 0 spiro atoms. The standard InChI is InChI=1S/C24H23N3O4/c25-12-15-8-10-16(11-9-15)13-27-18-5-2-1-4-17(24(26)30)22(18)23-19(27)6-3-7-20(23)31-14-21(28)29/h3,6-11,17H,1-2,4-5,13-14H2,(H2,26,30)(H,28,29). The van der Waals surface area contributed by atoms with Crippen LogP contribution in [-0.2, 0) is 22.6 Å². The third kappa shape index (κ3) is 3.97. The first-order chi connectivity index (χ1) is 15.0. The van der Waals surface area contributed by atoms with Crippen LogP contribution in [0.5, 0.6) is 5.75 Å². The Morgan fingerprint density at radius 1 is 1.19 bits per heavy atom. The van der Waals surface area contributed by atoms with E-state index in [0.29, 0.717) is 24.3 Å². The number of carbonyl (C=O) groups excluding carboxylic acids is 1. The van der Waals surface area contributed by atoms with Crippen LogP contribution in [0.25, 0.3) is 10.9 Å². The number of amides is 1. The van der Waals surface area contributed by atoms with Crippen LogP contribution in [0.1, 0.15) is 47.6 Å². The lowest BCUT2D eigenvalue weighted by atomic mass is 9.92. The van der Waals surface area contributed by atoms with Crippen molar-refractivity contribution in [2.24, 2.45) is 5.73 Å². The van der Waals surface area contributed by atoms with Gasteiger partial charge in [-0.2, -0.15) is 5.26 Å². The maximum atomic E-state index is 12.4. The van der Waals surface area contributed by atoms with Crippen molar-refractivity contribution < 1.29 is 19.4 Å². The van der Waals surface area contributed by atoms with E-state index in [-0.39, 0.29) is 5.91 Å². The van der Waals surface area contributed by atoms with E-state index < -0.39 is 18.5 Å². The lowest BCUT2D eigenvalue weighted by Gasteiger charge is -2.14. The quantitative estimate of drug-likeness (QED) is 0.597. The van der Waals surface area contributed by atoms with Gasteiger partial charge in [0, 0.05) is 17.6 Å². The Morgan fingerprint density at radius 3 is 2.65 bits per heavy atom. The number of ether oxygens (including phenoxy) is 1. The van der Waals surface area contributed by atoms with Gasteiger partial charge in [-0.15, -0.1) is 0 Å². The molecule has 0 saturated carbocycles. The van der Waals surface area contributed by atoms with Crippen molar-refractivity contribution >= 4 is 22.8 Å². The van der Waals surface area contributed by atoms with E-state index in [9.17, 15) is 9.59 Å². The summed E-state index contributed by atoms with van der Waals surface area (Å²) in [6.45, 7) is 0.0985. The van der Waals surface area contributed by atoms with Crippen molar-refractivity contribution in [3.8, 4) is 11.8 Å². The Labute approximate surface area is 179 Å². The maximum Gasteiger partial charge on any atom is 0.341 e. The molecule has 1 aliphatic carbocycles. The summed E-state index contributed by atoms with van der Waals surface area (Å²) in [5.74, 6) is -1.44. The summed E-state index contributed by atoms with van der Waals surface area (Å²) in [7, 11) is 0. The second-order valence-electron chi connectivity index (χ2n) is 7.79. The first-order valence-corrected chi connectivity index (χ1v) is 10.3. The number of nitrogens with zero attached hydrogens (tertiary/aromatic N) is 2. The molecule has 0 fully saturated rings. The molecule has 3 N–H and O–H groups in total. The van der Waals surface area contributed by atoms with E-state index in [1.807, 2.05) is 24.3 Å². The molecule has 1 amide bonds. The number of hydrogen-bond donors (Lipinski definition) is 2. The molecule has 3 aromatic rings. The van der Waals surface area contributed by atoms with Gasteiger partial charge in [-0.1, -0.05) is 24.6 Å². The van der Waals surface area contributed by atoms with Crippen LogP contribution < -0.4 is 10.5 Å². The first kappa shape index (κ1) is 20.5. The first-order valence-electron chi connectivity index (χ1n) is 10.3. The summed E-state index contributed by atoms with van der Waals surface area (Å²) in [6.07, 6.45) is 3.28. The summed E-state index contributed by atoms with van der Waals surface area (Å²) in [5.41, 5.74) is 10.2. The second kappa shape index (κ2) is 8.52. The van der Waals surface area contributed by atoms with Crippen molar-refractivity contribution in [1.29, 1.82) is 5.26 Å². The minimum atomic E-state index is -1.06. The van der Waals surface area contributed by atoms with Crippen LogP contribution in [0.15, 0.2) is 42.5 Å². The minimum Gasteiger partial charge on any atom is -0.481 e. The number of carboxylic acid groups (broad SMARTS) is 1. The molecule has 1 atom stereocenters. The number of primary amides is 1. The molecule has 0 aliphatic heterocycles. The third-order valence-electron chi connectivity index (χ3n) is 5.82. The SMILES string of the molecule is N#Cc1ccc(Cn2c3c(c4c(OCC(=O)O)cccc42)C(C(N)=O)CCCC3)cc1. The lowest BCUT2D eigenvalue weighted by molar-refractivity contribution is -0.139. The monoisotopic (exact) mass is 417 g/mol. The number of fused-ring (bicyclic) bond motifs is 3. The van der Waals surface area contributed by atoms with Gasteiger partial charge in [0.25, 0.3) is 0 Å². The zero-order valence-electron chi connectivity index (χ0n) is 17.0. The van der Waals surface area contributed by atoms with Gasteiger partial charge >= 0.3 is 5.97 Å². The summed E-state index contributed by atoms with van der Waals surface area (Å²) in [5, 5.41) is 18.9. The van der Waals surface area contributed by atoms with Crippen LogP contribution in [0.4, 0.5) is 0 Å². The van der Waals surface area contributed by atoms with E-state index in [1.165, 1.54) is 0 Å². The number of aromatic nitrogens is 1. The van der Waals surface area contributed by atoms with Crippen molar-refractivity contribution in [3.05, 3.63) is 64.8 Å². The number of rotatable bonds is 6. The van der Waals surface area contributed by atoms with Crippen LogP contribution >= 0.6 is 0 Å². The second-order valence-corrected chi connectivity index (χ2v) is 7.79. The van der Waals surface area contributed by atoms with E-state index in [0.717, 1.165) is 47.0 Å². The van der Waals surface area contributed by atoms with E-state index in [1.54, 1.807) is 18.2 Å². The van der Waals surface area contributed by atoms with Gasteiger partial charge in [-0.3, -0.25) is 4.79 Å². The normalized spacial score (nSPS) is 15.6. The average molecular weight is 417 g/mol. The molecule has 1 aliphatic rings. The Bertz CT molecular complexity index is 1190. The summed E-state index contributed by atoms with van der Waals surface area (Å²) >= 11 is 0. The fourth-order valence-electron chi connectivity index (χ4n) is 4.47. The van der Waals surface area contributed by atoms with Crippen molar-refractivity contribution in [1.82, 2.24) is 4.57 Å². The molecule has 31 heavy (non-hydrogen) atoms. The van der Waals surface area contributed by atoms with Crippen LogP contribution in [0.2, 0.25) is 0 Å². The molecule has 1 unspecified atom stereocenters. The molecule has 0 saturated heterocycles. The van der Waals surface area contributed by atoms with Crippen molar-refractivity contribution in [3.63, 3.8) is 0 Å². The topological polar surface area (TPSA) is 118 Å². The molecular weight excluding hydrogens is 394 g/mol. The predicted octanol–water partition coefficient (Wildman–Crippen LogP) is 3.32. The van der Waals surface area contributed by atoms with Crippen LogP contribution in [-0.4, -0.2) is 28.2 Å². The number of nitrogens with two attached hydrogens (primary N) is 1. The fourth-order valence-corrected chi connectivity index (χ4v) is 4.47. The van der Waals surface area contributed by atoms with E-state index >= 15 is 0 Å². The Kier molecular flexibility index (Phi) is 5.63. The zero-order chi connectivity index (χ0) is 22.0. The molecule has 2 aromatic carbocycles. The van der Waals surface area contributed by atoms with Gasteiger partial charge in [-0.05, 0) is 54.7 Å². The van der Waals surface area contributed by atoms with Gasteiger partial charge in [0.2, 0.25) is 5.91 Å². The Hall–Kier alpha value is -3.79. The van der Waals surface area contributed by atoms with Gasteiger partial charge in [-0.25, -0.2) is 4.79 Å². The van der Waals surface area contributed by atoms with Gasteiger partial charge < -0.3 is 20.1 Å². The number of carboxylic acids is 1. The molecule has 0 bridgehead atoms. The number of benzene rings is 2. The summed E-state index contributed by atoms with van der Waals surface area (Å²) in [6, 6.07) is 15.1. The smallest absolute Gasteiger partial charge is 0.341 e. The van der Waals surface area contributed by atoms with Gasteiger partial charge in [0.05, 0.1) is 23.1 Å². The highest BCUT2D eigenvalue weighted by Gasteiger charge is 2.31. The number of nitriles is 1. The maximum absolute atomic E-state index is 12.4.